The highest BCUT2D eigenvalue weighted by Gasteiger charge is 2.31. The van der Waals surface area contributed by atoms with Gasteiger partial charge >= 0.3 is 0 Å². The number of hydrogen-bond donors (Lipinski definition) is 0. The summed E-state index contributed by atoms with van der Waals surface area (Å²) in [5, 5.41) is 0. The van der Waals surface area contributed by atoms with Gasteiger partial charge in [0.15, 0.2) is 11.2 Å². The highest BCUT2D eigenvalue weighted by atomic mass is 16.3. The van der Waals surface area contributed by atoms with Gasteiger partial charge < -0.3 is 4.42 Å². The molecular formula is C20H22O3. The van der Waals surface area contributed by atoms with E-state index in [1.807, 2.05) is 30.3 Å². The third-order valence-electron chi connectivity index (χ3n) is 4.68. The van der Waals surface area contributed by atoms with Crippen LogP contribution in [0.3, 0.4) is 0 Å². The standard InChI is InChI=1S/C20H22O3/c1-3-4-10-17-13(2)20(22)19-16(21)11-15(12-18(19)23-17)14-8-6-5-7-9-14/h5-9,15H,3-4,10-12H2,1-2H3/t15-/m0/s1. The molecule has 0 spiro atoms. The number of rotatable bonds is 4. The molecule has 23 heavy (non-hydrogen) atoms. The van der Waals surface area contributed by atoms with Crippen LogP contribution < -0.4 is 5.43 Å². The summed E-state index contributed by atoms with van der Waals surface area (Å²) >= 11 is 0. The summed E-state index contributed by atoms with van der Waals surface area (Å²) in [6, 6.07) is 10.00. The average molecular weight is 310 g/mol. The minimum absolute atomic E-state index is 0.0843. The molecule has 2 aromatic rings. The van der Waals surface area contributed by atoms with Crippen LogP contribution in [-0.2, 0) is 12.8 Å². The molecule has 0 bridgehead atoms. The summed E-state index contributed by atoms with van der Waals surface area (Å²) in [5.41, 5.74) is 1.89. The van der Waals surface area contributed by atoms with E-state index in [0.717, 1.165) is 30.6 Å². The number of unbranched alkanes of at least 4 members (excludes halogenated alkanes) is 1. The van der Waals surface area contributed by atoms with E-state index in [9.17, 15) is 9.59 Å². The van der Waals surface area contributed by atoms with Crippen molar-refractivity contribution in [1.82, 2.24) is 0 Å². The number of hydrogen-bond acceptors (Lipinski definition) is 3. The van der Waals surface area contributed by atoms with Gasteiger partial charge in [-0.15, -0.1) is 0 Å². The first-order chi connectivity index (χ1) is 11.1. The van der Waals surface area contributed by atoms with Gasteiger partial charge in [-0.2, -0.15) is 0 Å². The predicted molar refractivity (Wildman–Crippen MR) is 90.2 cm³/mol. The molecule has 3 heteroatoms. The smallest absolute Gasteiger partial charge is 0.199 e. The lowest BCUT2D eigenvalue weighted by Gasteiger charge is -2.23. The van der Waals surface area contributed by atoms with E-state index in [1.54, 1.807) is 6.92 Å². The zero-order chi connectivity index (χ0) is 16.4. The van der Waals surface area contributed by atoms with Crippen LogP contribution in [0.5, 0.6) is 0 Å². The number of carbonyl (C=O) groups is 1. The lowest BCUT2D eigenvalue weighted by Crippen LogP contribution is -2.28. The van der Waals surface area contributed by atoms with Crippen molar-refractivity contribution in [3.63, 3.8) is 0 Å². The van der Waals surface area contributed by atoms with E-state index in [-0.39, 0.29) is 22.7 Å². The van der Waals surface area contributed by atoms with E-state index in [0.29, 0.717) is 24.2 Å². The third-order valence-corrected chi connectivity index (χ3v) is 4.68. The summed E-state index contributed by atoms with van der Waals surface area (Å²) in [5.74, 6) is 1.34. The van der Waals surface area contributed by atoms with Crippen LogP contribution in [0, 0.1) is 6.92 Å². The van der Waals surface area contributed by atoms with Crippen LogP contribution >= 0.6 is 0 Å². The maximum atomic E-state index is 12.6. The van der Waals surface area contributed by atoms with Gasteiger partial charge in [0.25, 0.3) is 0 Å². The van der Waals surface area contributed by atoms with Gasteiger partial charge in [-0.05, 0) is 24.8 Å². The second-order valence-corrected chi connectivity index (χ2v) is 6.32. The molecule has 0 fully saturated rings. The van der Waals surface area contributed by atoms with E-state index < -0.39 is 0 Å². The molecular weight excluding hydrogens is 288 g/mol. The first-order valence-corrected chi connectivity index (χ1v) is 8.35. The zero-order valence-electron chi connectivity index (χ0n) is 13.7. The Bertz CT molecular complexity index is 771. The quantitative estimate of drug-likeness (QED) is 0.850. The Morgan fingerprint density at radius 2 is 1.87 bits per heavy atom. The normalized spacial score (nSPS) is 17.1. The van der Waals surface area contributed by atoms with Gasteiger partial charge in [0.05, 0.1) is 0 Å². The largest absolute Gasteiger partial charge is 0.465 e. The fourth-order valence-electron chi connectivity index (χ4n) is 3.30. The Morgan fingerprint density at radius 1 is 1.13 bits per heavy atom. The Hall–Kier alpha value is -2.16. The molecule has 0 saturated heterocycles. The minimum atomic E-state index is -0.131. The number of fused-ring (bicyclic) bond motifs is 1. The SMILES string of the molecule is CCCCc1oc2c(c(=O)c1C)C(=O)C[C@H](c1ccccc1)C2. The first-order valence-electron chi connectivity index (χ1n) is 8.35. The summed E-state index contributed by atoms with van der Waals surface area (Å²) in [4.78, 5) is 25.1. The fraction of sp³-hybridized carbons (Fsp3) is 0.400. The average Bonchev–Trinajstić information content (AvgIpc) is 2.57. The molecule has 0 unspecified atom stereocenters. The summed E-state index contributed by atoms with van der Waals surface area (Å²) in [6.45, 7) is 3.88. The van der Waals surface area contributed by atoms with E-state index in [2.05, 4.69) is 6.92 Å². The fourth-order valence-corrected chi connectivity index (χ4v) is 3.30. The molecule has 1 aliphatic carbocycles. The van der Waals surface area contributed by atoms with Gasteiger partial charge in [-0.1, -0.05) is 43.7 Å². The molecule has 0 saturated carbocycles. The Morgan fingerprint density at radius 3 is 2.57 bits per heavy atom. The predicted octanol–water partition coefficient (Wildman–Crippen LogP) is 4.20. The number of Topliss-reactive ketones (excluding diaryl/α,β-unsaturated/α-hetero) is 1. The summed E-state index contributed by atoms with van der Waals surface area (Å²) in [6.07, 6.45) is 3.80. The van der Waals surface area contributed by atoms with E-state index in [4.69, 9.17) is 4.42 Å². The monoisotopic (exact) mass is 310 g/mol. The van der Waals surface area contributed by atoms with Crippen LogP contribution in [0.4, 0.5) is 0 Å². The maximum Gasteiger partial charge on any atom is 0.199 e. The second-order valence-electron chi connectivity index (χ2n) is 6.32. The van der Waals surface area contributed by atoms with Crippen LogP contribution in [0.15, 0.2) is 39.5 Å². The molecule has 0 radical (unpaired) electrons. The lowest BCUT2D eigenvalue weighted by molar-refractivity contribution is 0.0955. The van der Waals surface area contributed by atoms with Gasteiger partial charge in [0.1, 0.15) is 17.1 Å². The molecule has 3 nitrogen and oxygen atoms in total. The van der Waals surface area contributed by atoms with Gasteiger partial charge in [0, 0.05) is 24.8 Å². The Labute approximate surface area is 136 Å². The molecule has 0 amide bonds. The Kier molecular flexibility index (Phi) is 4.46. The topological polar surface area (TPSA) is 47.3 Å². The number of benzene rings is 1. The van der Waals surface area contributed by atoms with Gasteiger partial charge in [-0.25, -0.2) is 0 Å². The van der Waals surface area contributed by atoms with Crippen molar-refractivity contribution in [2.24, 2.45) is 0 Å². The van der Waals surface area contributed by atoms with Crippen molar-refractivity contribution in [2.75, 3.05) is 0 Å². The molecule has 1 atom stereocenters. The molecule has 0 N–H and O–H groups in total. The molecule has 1 aliphatic rings. The number of carbonyl (C=O) groups excluding carboxylic acids is 1. The third kappa shape index (κ3) is 3.00. The van der Waals surface area contributed by atoms with Gasteiger partial charge in [0.2, 0.25) is 0 Å². The van der Waals surface area contributed by atoms with Crippen LogP contribution in [0.25, 0.3) is 0 Å². The molecule has 120 valence electrons. The molecule has 1 aromatic carbocycles. The summed E-state index contributed by atoms with van der Waals surface area (Å²) in [7, 11) is 0. The molecule has 1 aromatic heterocycles. The van der Waals surface area contributed by atoms with Crippen LogP contribution in [0.1, 0.15) is 65.1 Å². The van der Waals surface area contributed by atoms with Gasteiger partial charge in [-0.3, -0.25) is 9.59 Å². The van der Waals surface area contributed by atoms with Crippen molar-refractivity contribution in [1.29, 1.82) is 0 Å². The highest BCUT2D eigenvalue weighted by molar-refractivity contribution is 5.98. The van der Waals surface area contributed by atoms with Crippen molar-refractivity contribution in [3.8, 4) is 0 Å². The van der Waals surface area contributed by atoms with Crippen molar-refractivity contribution < 1.29 is 9.21 Å². The number of aryl methyl sites for hydroxylation is 1. The second kappa shape index (κ2) is 6.53. The van der Waals surface area contributed by atoms with Crippen LogP contribution in [0.2, 0.25) is 0 Å². The summed E-state index contributed by atoms with van der Waals surface area (Å²) < 4.78 is 6.01. The molecule has 0 aliphatic heterocycles. The lowest BCUT2D eigenvalue weighted by atomic mass is 9.81. The molecule has 3 rings (SSSR count). The van der Waals surface area contributed by atoms with Crippen molar-refractivity contribution in [2.45, 2.75) is 51.9 Å². The molecule has 1 heterocycles. The van der Waals surface area contributed by atoms with E-state index >= 15 is 0 Å². The maximum absolute atomic E-state index is 12.6. The van der Waals surface area contributed by atoms with Crippen LogP contribution in [-0.4, -0.2) is 5.78 Å². The number of ketones is 1. The zero-order valence-corrected chi connectivity index (χ0v) is 13.7. The minimum Gasteiger partial charge on any atom is -0.465 e. The van der Waals surface area contributed by atoms with E-state index in [1.165, 1.54) is 0 Å². The van der Waals surface area contributed by atoms with Crippen molar-refractivity contribution in [3.05, 3.63) is 68.8 Å². The van der Waals surface area contributed by atoms with Crippen molar-refractivity contribution >= 4 is 5.78 Å². The first kappa shape index (κ1) is 15.7. The highest BCUT2D eigenvalue weighted by Crippen LogP contribution is 2.32. The Balaban J connectivity index is 2.01.